The molecule has 0 radical (unpaired) electrons. The van der Waals surface area contributed by atoms with E-state index < -0.39 is 0 Å². The number of nitrogens with zero attached hydrogens (tertiary/aromatic N) is 2. The Labute approximate surface area is 109 Å². The largest absolute Gasteiger partial charge is 0.287 e. The molecule has 0 spiro atoms. The third-order valence-electron chi connectivity index (χ3n) is 2.31. The Kier molecular flexibility index (Phi) is 4.02. The Morgan fingerprint density at radius 3 is 2.88 bits per heavy atom. The summed E-state index contributed by atoms with van der Waals surface area (Å²) in [6, 6.07) is 4.00. The fourth-order valence-corrected chi connectivity index (χ4v) is 3.37. The zero-order chi connectivity index (χ0) is 12.3. The lowest BCUT2D eigenvalue weighted by atomic mass is 10.4. The number of carbonyl (C=O) groups excluding carboxylic acids is 1. The summed E-state index contributed by atoms with van der Waals surface area (Å²) in [7, 11) is 0. The van der Waals surface area contributed by atoms with Crippen LogP contribution in [0, 0.1) is 0 Å². The van der Waals surface area contributed by atoms with E-state index in [0.717, 1.165) is 14.9 Å². The summed E-state index contributed by atoms with van der Waals surface area (Å²) in [5, 5.41) is 2.83. The van der Waals surface area contributed by atoms with Crippen molar-refractivity contribution in [2.45, 2.75) is 13.8 Å². The summed E-state index contributed by atoms with van der Waals surface area (Å²) in [5.41, 5.74) is 0. The lowest BCUT2D eigenvalue weighted by molar-refractivity contribution is -0.122. The number of thioether (sulfide) groups is 1. The molecule has 0 aliphatic carbocycles. The van der Waals surface area contributed by atoms with Gasteiger partial charge in [0.2, 0.25) is 0 Å². The van der Waals surface area contributed by atoms with Crippen LogP contribution in [0.5, 0.6) is 0 Å². The SMILES string of the molecule is CCN=C1S/C(=C\c2cccs2)C(=O)N1CC. The minimum absolute atomic E-state index is 0.0677. The third kappa shape index (κ3) is 2.61. The lowest BCUT2D eigenvalue weighted by Gasteiger charge is -2.11. The van der Waals surface area contributed by atoms with Gasteiger partial charge in [-0.2, -0.15) is 0 Å². The van der Waals surface area contributed by atoms with Gasteiger partial charge in [0.1, 0.15) is 0 Å². The number of amidine groups is 1. The van der Waals surface area contributed by atoms with Gasteiger partial charge in [0.25, 0.3) is 5.91 Å². The number of likely N-dealkylation sites (N-methyl/N-ethyl adjacent to an activating group) is 1. The predicted octanol–water partition coefficient (Wildman–Crippen LogP) is 3.06. The van der Waals surface area contributed by atoms with E-state index in [1.165, 1.54) is 11.8 Å². The van der Waals surface area contributed by atoms with Crippen LogP contribution >= 0.6 is 23.1 Å². The van der Waals surface area contributed by atoms with E-state index in [2.05, 4.69) is 4.99 Å². The maximum absolute atomic E-state index is 12.1. The lowest BCUT2D eigenvalue weighted by Crippen LogP contribution is -2.28. The summed E-state index contributed by atoms with van der Waals surface area (Å²) in [5.74, 6) is 0.0677. The molecule has 3 nitrogen and oxygen atoms in total. The van der Waals surface area contributed by atoms with Crippen LogP contribution in [0.2, 0.25) is 0 Å². The molecular formula is C12H14N2OS2. The van der Waals surface area contributed by atoms with Crippen LogP contribution in [0.4, 0.5) is 0 Å². The van der Waals surface area contributed by atoms with Gasteiger partial charge in [-0.25, -0.2) is 0 Å². The van der Waals surface area contributed by atoms with E-state index >= 15 is 0 Å². The molecule has 90 valence electrons. The maximum atomic E-state index is 12.1. The summed E-state index contributed by atoms with van der Waals surface area (Å²) >= 11 is 3.10. The van der Waals surface area contributed by atoms with Crippen LogP contribution < -0.4 is 0 Å². The smallest absolute Gasteiger partial charge is 0.266 e. The summed E-state index contributed by atoms with van der Waals surface area (Å²) < 4.78 is 0. The number of hydrogen-bond acceptors (Lipinski definition) is 4. The minimum atomic E-state index is 0.0677. The molecule has 1 saturated heterocycles. The molecule has 1 aliphatic heterocycles. The Morgan fingerprint density at radius 1 is 1.47 bits per heavy atom. The van der Waals surface area contributed by atoms with Crippen molar-refractivity contribution in [3.8, 4) is 0 Å². The van der Waals surface area contributed by atoms with Crippen LogP contribution in [-0.4, -0.2) is 29.1 Å². The van der Waals surface area contributed by atoms with Crippen molar-refractivity contribution in [1.29, 1.82) is 0 Å². The summed E-state index contributed by atoms with van der Waals surface area (Å²) in [6.45, 7) is 5.33. The van der Waals surface area contributed by atoms with Crippen LogP contribution in [0.1, 0.15) is 18.7 Å². The molecule has 1 aromatic heterocycles. The van der Waals surface area contributed by atoms with E-state index in [1.54, 1.807) is 16.2 Å². The van der Waals surface area contributed by atoms with E-state index in [-0.39, 0.29) is 5.91 Å². The first kappa shape index (κ1) is 12.4. The summed E-state index contributed by atoms with van der Waals surface area (Å²) in [6.07, 6.45) is 1.94. The Balaban J connectivity index is 2.27. The second kappa shape index (κ2) is 5.51. The predicted molar refractivity (Wildman–Crippen MR) is 75.3 cm³/mol. The fraction of sp³-hybridized carbons (Fsp3) is 0.333. The number of aliphatic imine (C=N–C) groups is 1. The molecule has 0 bridgehead atoms. The molecule has 17 heavy (non-hydrogen) atoms. The molecule has 1 aromatic rings. The fourth-order valence-electron chi connectivity index (χ4n) is 1.54. The third-order valence-corrected chi connectivity index (χ3v) is 4.18. The van der Waals surface area contributed by atoms with Gasteiger partial charge < -0.3 is 0 Å². The van der Waals surface area contributed by atoms with Gasteiger partial charge in [0.15, 0.2) is 5.17 Å². The number of hydrogen-bond donors (Lipinski definition) is 0. The molecule has 0 aromatic carbocycles. The average Bonchev–Trinajstić information content (AvgIpc) is 2.90. The minimum Gasteiger partial charge on any atom is -0.287 e. The summed E-state index contributed by atoms with van der Waals surface area (Å²) in [4.78, 5) is 20.1. The van der Waals surface area contributed by atoms with Gasteiger partial charge in [-0.3, -0.25) is 14.7 Å². The first-order valence-electron chi connectivity index (χ1n) is 5.55. The van der Waals surface area contributed by atoms with Crippen molar-refractivity contribution in [1.82, 2.24) is 4.90 Å². The van der Waals surface area contributed by atoms with Crippen molar-refractivity contribution in [3.05, 3.63) is 27.3 Å². The normalized spacial score (nSPS) is 20.8. The zero-order valence-corrected chi connectivity index (χ0v) is 11.5. The number of amides is 1. The molecule has 5 heteroatoms. The Bertz CT molecular complexity index is 463. The van der Waals surface area contributed by atoms with Crippen molar-refractivity contribution >= 4 is 40.2 Å². The van der Waals surface area contributed by atoms with Crippen LogP contribution in [0.25, 0.3) is 6.08 Å². The molecule has 0 saturated carbocycles. The molecule has 2 rings (SSSR count). The van der Waals surface area contributed by atoms with Gasteiger partial charge in [-0.1, -0.05) is 6.07 Å². The van der Waals surface area contributed by atoms with Gasteiger partial charge in [0, 0.05) is 18.0 Å². The highest BCUT2D eigenvalue weighted by Crippen LogP contribution is 2.32. The molecule has 1 aliphatic rings. The second-order valence-corrected chi connectivity index (χ2v) is 5.42. The average molecular weight is 266 g/mol. The van der Waals surface area contributed by atoms with Gasteiger partial charge >= 0.3 is 0 Å². The first-order valence-corrected chi connectivity index (χ1v) is 7.25. The number of carbonyl (C=O) groups is 1. The first-order chi connectivity index (χ1) is 8.26. The highest BCUT2D eigenvalue weighted by Gasteiger charge is 2.31. The highest BCUT2D eigenvalue weighted by atomic mass is 32.2. The van der Waals surface area contributed by atoms with Gasteiger partial charge in [0.05, 0.1) is 4.91 Å². The van der Waals surface area contributed by atoms with E-state index in [9.17, 15) is 4.79 Å². The van der Waals surface area contributed by atoms with E-state index in [0.29, 0.717) is 13.1 Å². The van der Waals surface area contributed by atoms with E-state index in [1.807, 2.05) is 37.4 Å². The van der Waals surface area contributed by atoms with Crippen LogP contribution in [0.3, 0.4) is 0 Å². The highest BCUT2D eigenvalue weighted by molar-refractivity contribution is 8.18. The van der Waals surface area contributed by atoms with Crippen molar-refractivity contribution in [2.24, 2.45) is 4.99 Å². The Morgan fingerprint density at radius 2 is 2.29 bits per heavy atom. The van der Waals surface area contributed by atoms with Crippen LogP contribution in [0.15, 0.2) is 27.4 Å². The monoisotopic (exact) mass is 266 g/mol. The quantitative estimate of drug-likeness (QED) is 0.788. The molecule has 0 N–H and O–H groups in total. The molecule has 1 fully saturated rings. The maximum Gasteiger partial charge on any atom is 0.266 e. The Hall–Kier alpha value is -1.07. The van der Waals surface area contributed by atoms with Crippen molar-refractivity contribution in [3.63, 3.8) is 0 Å². The molecule has 1 amide bonds. The van der Waals surface area contributed by atoms with Crippen molar-refractivity contribution < 1.29 is 4.79 Å². The molecular weight excluding hydrogens is 252 g/mol. The zero-order valence-electron chi connectivity index (χ0n) is 9.84. The van der Waals surface area contributed by atoms with Gasteiger partial charge in [-0.05, 0) is 43.1 Å². The topological polar surface area (TPSA) is 32.7 Å². The van der Waals surface area contributed by atoms with Crippen molar-refractivity contribution in [2.75, 3.05) is 13.1 Å². The molecule has 0 unspecified atom stereocenters. The van der Waals surface area contributed by atoms with Gasteiger partial charge in [-0.15, -0.1) is 11.3 Å². The second-order valence-electron chi connectivity index (χ2n) is 3.43. The van der Waals surface area contributed by atoms with Crippen LogP contribution in [-0.2, 0) is 4.79 Å². The number of rotatable bonds is 3. The van der Waals surface area contributed by atoms with E-state index in [4.69, 9.17) is 0 Å². The molecule has 2 heterocycles. The standard InChI is InChI=1S/C12H14N2OS2/c1-3-13-12-14(4-2)11(15)10(17-12)8-9-6-5-7-16-9/h5-8H,3-4H2,1-2H3/b10-8-,13-12?. The molecule has 0 atom stereocenters. The number of thiophene rings is 1.